The quantitative estimate of drug-likeness (QED) is 0.596. The number of nitrogens with one attached hydrogen (secondary N) is 1. The van der Waals surface area contributed by atoms with E-state index < -0.39 is 29.6 Å². The molecule has 31 heavy (non-hydrogen) atoms. The highest BCUT2D eigenvalue weighted by atomic mass is 19.4. The molecule has 1 aromatic carbocycles. The Hall–Kier alpha value is -3.57. The molecule has 5 N–H and O–H groups in total. The summed E-state index contributed by atoms with van der Waals surface area (Å²) in [4.78, 5) is 33.1. The average molecular weight is 438 g/mol. The minimum Gasteiger partial charge on any atom is -0.489 e. The van der Waals surface area contributed by atoms with Crippen LogP contribution in [0.3, 0.4) is 0 Å². The molecule has 1 aliphatic rings. The van der Waals surface area contributed by atoms with Gasteiger partial charge in [-0.3, -0.25) is 9.59 Å². The molecule has 0 unspecified atom stereocenters. The molecule has 3 rings (SSSR count). The summed E-state index contributed by atoms with van der Waals surface area (Å²) in [5.74, 6) is -0.655. The van der Waals surface area contributed by atoms with Crippen LogP contribution in [0.25, 0.3) is 0 Å². The number of halogens is 3. The van der Waals surface area contributed by atoms with Gasteiger partial charge in [-0.15, -0.1) is 0 Å². The van der Waals surface area contributed by atoms with Gasteiger partial charge < -0.3 is 26.4 Å². The zero-order chi connectivity index (χ0) is 22.8. The zero-order valence-corrected chi connectivity index (χ0v) is 16.5. The fourth-order valence-electron chi connectivity index (χ4n) is 2.99. The molecule has 0 saturated carbocycles. The third-order valence-corrected chi connectivity index (χ3v) is 4.67. The number of hydrogen-bond donors (Lipinski definition) is 3. The lowest BCUT2D eigenvalue weighted by molar-refractivity contribution is -0.137. The molecule has 0 radical (unpaired) electrons. The third-order valence-electron chi connectivity index (χ3n) is 4.67. The normalized spacial score (nSPS) is 17.3. The molecule has 0 aliphatic carbocycles. The van der Waals surface area contributed by atoms with Crippen molar-refractivity contribution in [3.63, 3.8) is 0 Å². The van der Waals surface area contributed by atoms with Gasteiger partial charge in [0.1, 0.15) is 29.4 Å². The van der Waals surface area contributed by atoms with Crippen molar-refractivity contribution in [3.8, 4) is 5.75 Å². The van der Waals surface area contributed by atoms with Crippen LogP contribution >= 0.6 is 0 Å². The molecule has 1 fully saturated rings. The predicted octanol–water partition coefficient (Wildman–Crippen LogP) is 1.54. The van der Waals surface area contributed by atoms with E-state index in [1.54, 1.807) is 4.90 Å². The predicted molar refractivity (Wildman–Crippen MR) is 106 cm³/mol. The van der Waals surface area contributed by atoms with E-state index in [0.29, 0.717) is 25.3 Å². The molecule has 0 bridgehead atoms. The Labute approximate surface area is 175 Å². The topological polar surface area (TPSA) is 136 Å². The van der Waals surface area contributed by atoms with Gasteiger partial charge in [-0.25, -0.2) is 4.98 Å². The number of carbonyl (C=O) groups is 2. The number of benzene rings is 1. The highest BCUT2D eigenvalue weighted by molar-refractivity contribution is 5.92. The van der Waals surface area contributed by atoms with E-state index in [0.717, 1.165) is 12.1 Å². The Morgan fingerprint density at radius 2 is 1.90 bits per heavy atom. The van der Waals surface area contributed by atoms with Crippen molar-refractivity contribution in [3.05, 3.63) is 41.6 Å². The van der Waals surface area contributed by atoms with E-state index in [1.165, 1.54) is 25.1 Å². The summed E-state index contributed by atoms with van der Waals surface area (Å²) in [5, 5.41) is 2.79. The maximum atomic E-state index is 12.7. The summed E-state index contributed by atoms with van der Waals surface area (Å²) in [6.45, 7) is 2.37. The molecule has 166 valence electrons. The lowest BCUT2D eigenvalue weighted by Gasteiger charge is -2.19. The summed E-state index contributed by atoms with van der Waals surface area (Å²) in [6, 6.07) is 5.03. The number of rotatable bonds is 7. The summed E-state index contributed by atoms with van der Waals surface area (Å²) < 4.78 is 43.8. The molecular formula is C19H21F3N6O3. The molecule has 1 saturated heterocycles. The van der Waals surface area contributed by atoms with Gasteiger partial charge in [0.2, 0.25) is 11.9 Å². The standard InChI is InChI=1S/C19H21F3N6O3/c1-10(16(23)29)25-15-8-14(17(24)30)26-18(27-15)28-7-6-13(9-28)31-12-4-2-11(3-5-12)19(20,21)22/h2-5,8,10,13H,6-7,9H2,1H3,(H2,23,29)(H2,24,30)(H,25,26,27)/t10-,13+/m0/s1. The maximum Gasteiger partial charge on any atom is 0.416 e. The van der Waals surface area contributed by atoms with Gasteiger partial charge in [-0.1, -0.05) is 0 Å². The first-order valence-electron chi connectivity index (χ1n) is 9.36. The van der Waals surface area contributed by atoms with Crippen LogP contribution < -0.4 is 26.4 Å². The molecule has 2 aromatic rings. The maximum absolute atomic E-state index is 12.7. The summed E-state index contributed by atoms with van der Waals surface area (Å²) in [6.07, 6.45) is -4.17. The smallest absolute Gasteiger partial charge is 0.416 e. The zero-order valence-electron chi connectivity index (χ0n) is 16.5. The lowest BCUT2D eigenvalue weighted by atomic mass is 10.2. The first-order valence-corrected chi connectivity index (χ1v) is 9.36. The van der Waals surface area contributed by atoms with Crippen molar-refractivity contribution in [2.24, 2.45) is 11.5 Å². The first kappa shape index (κ1) is 22.1. The van der Waals surface area contributed by atoms with Crippen LogP contribution in [0, 0.1) is 0 Å². The minimum atomic E-state index is -4.41. The second-order valence-corrected chi connectivity index (χ2v) is 7.07. The number of ether oxygens (including phenoxy) is 1. The van der Waals surface area contributed by atoms with E-state index in [9.17, 15) is 22.8 Å². The molecule has 0 spiro atoms. The summed E-state index contributed by atoms with van der Waals surface area (Å²) >= 11 is 0. The Morgan fingerprint density at radius 1 is 1.23 bits per heavy atom. The SMILES string of the molecule is C[C@H](Nc1cc(C(N)=O)nc(N2CC[C@@H](Oc3ccc(C(F)(F)F)cc3)C2)n1)C(N)=O. The Bertz CT molecular complexity index is 967. The monoisotopic (exact) mass is 438 g/mol. The number of alkyl halides is 3. The largest absolute Gasteiger partial charge is 0.489 e. The fraction of sp³-hybridized carbons (Fsp3) is 0.368. The fourth-order valence-corrected chi connectivity index (χ4v) is 2.99. The van der Waals surface area contributed by atoms with Crippen LogP contribution in [0.5, 0.6) is 5.75 Å². The highest BCUT2D eigenvalue weighted by Gasteiger charge is 2.31. The second kappa shape index (κ2) is 8.66. The van der Waals surface area contributed by atoms with Crippen molar-refractivity contribution in [1.82, 2.24) is 9.97 Å². The third kappa shape index (κ3) is 5.53. The van der Waals surface area contributed by atoms with E-state index in [-0.39, 0.29) is 23.6 Å². The minimum absolute atomic E-state index is 0.0451. The summed E-state index contributed by atoms with van der Waals surface area (Å²) in [7, 11) is 0. The number of amides is 2. The van der Waals surface area contributed by atoms with Gasteiger partial charge in [-0.2, -0.15) is 18.2 Å². The van der Waals surface area contributed by atoms with Crippen molar-refractivity contribution < 1.29 is 27.5 Å². The van der Waals surface area contributed by atoms with Crippen molar-refractivity contribution in [1.29, 1.82) is 0 Å². The molecule has 2 amide bonds. The van der Waals surface area contributed by atoms with E-state index in [4.69, 9.17) is 16.2 Å². The van der Waals surface area contributed by atoms with Crippen LogP contribution in [0.15, 0.2) is 30.3 Å². The molecule has 2 heterocycles. The Balaban J connectivity index is 1.71. The van der Waals surface area contributed by atoms with Crippen LogP contribution in [0.4, 0.5) is 24.9 Å². The Kier molecular flexibility index (Phi) is 6.18. The number of nitrogens with two attached hydrogens (primary N) is 2. The van der Waals surface area contributed by atoms with Gasteiger partial charge in [0.15, 0.2) is 0 Å². The Morgan fingerprint density at radius 3 is 2.48 bits per heavy atom. The van der Waals surface area contributed by atoms with Crippen molar-refractivity contribution >= 4 is 23.6 Å². The number of nitrogens with zero attached hydrogens (tertiary/aromatic N) is 3. The molecule has 9 nitrogen and oxygen atoms in total. The second-order valence-electron chi connectivity index (χ2n) is 7.07. The van der Waals surface area contributed by atoms with Crippen molar-refractivity contribution in [2.45, 2.75) is 31.7 Å². The number of primary amides is 2. The molecule has 1 aromatic heterocycles. The van der Waals surface area contributed by atoms with Gasteiger partial charge in [0, 0.05) is 19.0 Å². The van der Waals surface area contributed by atoms with Crippen molar-refractivity contribution in [2.75, 3.05) is 23.3 Å². The van der Waals surface area contributed by atoms with E-state index in [2.05, 4.69) is 15.3 Å². The van der Waals surface area contributed by atoms with Crippen LogP contribution in [-0.2, 0) is 11.0 Å². The lowest BCUT2D eigenvalue weighted by Crippen LogP contribution is -2.33. The highest BCUT2D eigenvalue weighted by Crippen LogP contribution is 2.31. The van der Waals surface area contributed by atoms with E-state index in [1.807, 2.05) is 0 Å². The van der Waals surface area contributed by atoms with Crippen LogP contribution in [-0.4, -0.2) is 47.0 Å². The molecule has 12 heteroatoms. The van der Waals surface area contributed by atoms with Gasteiger partial charge >= 0.3 is 6.18 Å². The number of anilines is 2. The van der Waals surface area contributed by atoms with Crippen LogP contribution in [0.2, 0.25) is 0 Å². The average Bonchev–Trinajstić information content (AvgIpc) is 3.16. The summed E-state index contributed by atoms with van der Waals surface area (Å²) in [5.41, 5.74) is 9.78. The van der Waals surface area contributed by atoms with Gasteiger partial charge in [0.25, 0.3) is 5.91 Å². The molecule has 1 aliphatic heterocycles. The first-order chi connectivity index (χ1) is 14.5. The molecular weight excluding hydrogens is 417 g/mol. The molecule has 2 atom stereocenters. The van der Waals surface area contributed by atoms with Gasteiger partial charge in [-0.05, 0) is 31.2 Å². The van der Waals surface area contributed by atoms with Crippen LogP contribution in [0.1, 0.15) is 29.4 Å². The van der Waals surface area contributed by atoms with Gasteiger partial charge in [0.05, 0.1) is 12.1 Å². The van der Waals surface area contributed by atoms with E-state index >= 15 is 0 Å². The number of carbonyl (C=O) groups excluding carboxylic acids is 2. The number of hydrogen-bond acceptors (Lipinski definition) is 7. The number of aromatic nitrogens is 2.